The zero-order chi connectivity index (χ0) is 19.5. The molecule has 0 unspecified atom stereocenters. The van der Waals surface area contributed by atoms with Crippen LogP contribution in [0.2, 0.25) is 0 Å². The molecule has 0 atom stereocenters. The number of piperazine rings is 1. The van der Waals surface area contributed by atoms with Gasteiger partial charge in [-0.15, -0.1) is 24.8 Å². The number of hydrogen-bond acceptors (Lipinski definition) is 5. The van der Waals surface area contributed by atoms with Crippen LogP contribution in [-0.2, 0) is 11.3 Å². The van der Waals surface area contributed by atoms with Gasteiger partial charge in [-0.25, -0.2) is 4.98 Å². The van der Waals surface area contributed by atoms with Gasteiger partial charge in [0.1, 0.15) is 5.82 Å². The molecule has 164 valence electrons. The number of halogens is 2. The lowest BCUT2D eigenvalue weighted by molar-refractivity contribution is -0.122. The third-order valence-corrected chi connectivity index (χ3v) is 5.67. The number of carbonyl (C=O) groups excluding carboxylic acids is 1. The molecule has 0 bridgehead atoms. The number of nitrogens with zero attached hydrogens (tertiary/aromatic N) is 4. The van der Waals surface area contributed by atoms with Crippen LogP contribution in [0.4, 0.5) is 5.82 Å². The van der Waals surface area contributed by atoms with Crippen LogP contribution in [0.1, 0.15) is 32.3 Å². The Kier molecular flexibility index (Phi) is 8.89. The number of anilines is 1. The summed E-state index contributed by atoms with van der Waals surface area (Å²) in [5, 5.41) is 3.00. The van der Waals surface area contributed by atoms with E-state index in [9.17, 15) is 4.79 Å². The second-order valence-electron chi connectivity index (χ2n) is 8.07. The lowest BCUT2D eigenvalue weighted by Gasteiger charge is -2.37. The van der Waals surface area contributed by atoms with Gasteiger partial charge in [-0.2, -0.15) is 0 Å². The van der Waals surface area contributed by atoms with E-state index in [0.717, 1.165) is 61.7 Å². The fourth-order valence-electron chi connectivity index (χ4n) is 3.57. The highest BCUT2D eigenvalue weighted by atomic mass is 35.5. The molecule has 4 rings (SSSR count). The lowest BCUT2D eigenvalue weighted by Crippen LogP contribution is -2.49. The van der Waals surface area contributed by atoms with Gasteiger partial charge >= 0.3 is 0 Å². The SMILES string of the molecule is CC(C)N1CCN(c2cnc(-c3ccc(CNC(=O)C4CC4)cc3)cn2)CC1.Cl.Cl. The van der Waals surface area contributed by atoms with E-state index in [-0.39, 0.29) is 36.6 Å². The Balaban J connectivity index is 0.00000160. The van der Waals surface area contributed by atoms with E-state index in [4.69, 9.17) is 0 Å². The monoisotopic (exact) mass is 451 g/mol. The molecule has 2 heterocycles. The average Bonchev–Trinajstić information content (AvgIpc) is 3.58. The maximum atomic E-state index is 11.7. The molecule has 1 amide bonds. The first-order valence-electron chi connectivity index (χ1n) is 10.3. The highest BCUT2D eigenvalue weighted by molar-refractivity contribution is 5.85. The van der Waals surface area contributed by atoms with E-state index in [2.05, 4.69) is 38.9 Å². The van der Waals surface area contributed by atoms with Gasteiger partial charge in [0, 0.05) is 50.2 Å². The minimum Gasteiger partial charge on any atom is -0.353 e. The van der Waals surface area contributed by atoms with Crippen molar-refractivity contribution in [3.63, 3.8) is 0 Å². The second kappa shape index (κ2) is 10.9. The van der Waals surface area contributed by atoms with E-state index in [1.165, 1.54) is 0 Å². The molecule has 2 fully saturated rings. The van der Waals surface area contributed by atoms with Crippen molar-refractivity contribution in [3.8, 4) is 11.3 Å². The van der Waals surface area contributed by atoms with Gasteiger partial charge < -0.3 is 10.2 Å². The van der Waals surface area contributed by atoms with Gasteiger partial charge in [-0.1, -0.05) is 24.3 Å². The van der Waals surface area contributed by atoms with Crippen LogP contribution in [0.3, 0.4) is 0 Å². The van der Waals surface area contributed by atoms with Gasteiger partial charge in [-0.3, -0.25) is 14.7 Å². The minimum atomic E-state index is 0. The summed E-state index contributed by atoms with van der Waals surface area (Å²) in [6.07, 6.45) is 5.80. The van der Waals surface area contributed by atoms with Gasteiger partial charge in [0.05, 0.1) is 18.1 Å². The van der Waals surface area contributed by atoms with Crippen molar-refractivity contribution in [2.24, 2.45) is 5.92 Å². The maximum absolute atomic E-state index is 11.7. The standard InChI is InChI=1S/C22H29N5O.2ClH/c1-16(2)26-9-11-27(12-10-26)21-15-23-20(14-24-21)18-5-3-17(4-6-18)13-25-22(28)19-7-8-19;;/h3-6,14-16,19H,7-13H2,1-2H3,(H,25,28);2*1H. The van der Waals surface area contributed by atoms with Gasteiger partial charge in [-0.05, 0) is 32.3 Å². The molecule has 1 aromatic carbocycles. The van der Waals surface area contributed by atoms with Crippen LogP contribution in [0, 0.1) is 5.92 Å². The average molecular weight is 452 g/mol. The van der Waals surface area contributed by atoms with E-state index in [1.807, 2.05) is 36.7 Å². The van der Waals surface area contributed by atoms with Crippen molar-refractivity contribution in [2.75, 3.05) is 31.1 Å². The number of rotatable bonds is 6. The summed E-state index contributed by atoms with van der Waals surface area (Å²) < 4.78 is 0. The molecule has 30 heavy (non-hydrogen) atoms. The Bertz CT molecular complexity index is 801. The molecule has 6 nitrogen and oxygen atoms in total. The smallest absolute Gasteiger partial charge is 0.223 e. The molecule has 1 saturated heterocycles. The molecule has 1 aromatic heterocycles. The molecule has 1 aliphatic carbocycles. The van der Waals surface area contributed by atoms with Crippen molar-refractivity contribution in [3.05, 3.63) is 42.2 Å². The molecular weight excluding hydrogens is 421 g/mol. The molecule has 1 aliphatic heterocycles. The fourth-order valence-corrected chi connectivity index (χ4v) is 3.57. The highest BCUT2D eigenvalue weighted by Gasteiger charge is 2.29. The van der Waals surface area contributed by atoms with Crippen LogP contribution in [0.15, 0.2) is 36.7 Å². The number of nitrogens with one attached hydrogen (secondary N) is 1. The van der Waals surface area contributed by atoms with Crippen molar-refractivity contribution in [2.45, 2.75) is 39.3 Å². The topological polar surface area (TPSA) is 61.4 Å². The van der Waals surface area contributed by atoms with Gasteiger partial charge in [0.15, 0.2) is 0 Å². The van der Waals surface area contributed by atoms with Crippen LogP contribution in [-0.4, -0.2) is 53.0 Å². The summed E-state index contributed by atoms with van der Waals surface area (Å²) in [6.45, 7) is 9.20. The Labute approximate surface area is 191 Å². The van der Waals surface area contributed by atoms with E-state index in [1.54, 1.807) is 0 Å². The zero-order valence-corrected chi connectivity index (χ0v) is 19.2. The Hall–Kier alpha value is -1.89. The van der Waals surface area contributed by atoms with Crippen molar-refractivity contribution >= 4 is 36.5 Å². The van der Waals surface area contributed by atoms with Gasteiger partial charge in [0.25, 0.3) is 0 Å². The van der Waals surface area contributed by atoms with E-state index >= 15 is 0 Å². The number of carbonyl (C=O) groups is 1. The number of benzene rings is 1. The third kappa shape index (κ3) is 6.06. The second-order valence-corrected chi connectivity index (χ2v) is 8.07. The number of aromatic nitrogens is 2. The maximum Gasteiger partial charge on any atom is 0.223 e. The predicted molar refractivity (Wildman–Crippen MR) is 125 cm³/mol. The van der Waals surface area contributed by atoms with Crippen LogP contribution in [0.5, 0.6) is 0 Å². The van der Waals surface area contributed by atoms with Crippen LogP contribution >= 0.6 is 24.8 Å². The summed E-state index contributed by atoms with van der Waals surface area (Å²) in [6, 6.07) is 8.78. The third-order valence-electron chi connectivity index (χ3n) is 5.67. The zero-order valence-electron chi connectivity index (χ0n) is 17.6. The minimum absolute atomic E-state index is 0. The first kappa shape index (κ1) is 24.4. The summed E-state index contributed by atoms with van der Waals surface area (Å²) in [4.78, 5) is 25.8. The molecule has 0 spiro atoms. The van der Waals surface area contributed by atoms with Crippen molar-refractivity contribution < 1.29 is 4.79 Å². The first-order chi connectivity index (χ1) is 13.6. The summed E-state index contributed by atoms with van der Waals surface area (Å²) in [5.74, 6) is 1.38. The molecule has 8 heteroatoms. The van der Waals surface area contributed by atoms with Crippen LogP contribution in [0.25, 0.3) is 11.3 Å². The number of amides is 1. The van der Waals surface area contributed by atoms with Crippen molar-refractivity contribution in [1.29, 1.82) is 0 Å². The number of hydrogen-bond donors (Lipinski definition) is 1. The van der Waals surface area contributed by atoms with E-state index in [0.29, 0.717) is 12.6 Å². The van der Waals surface area contributed by atoms with Crippen molar-refractivity contribution in [1.82, 2.24) is 20.2 Å². The highest BCUT2D eigenvalue weighted by Crippen LogP contribution is 2.28. The molecule has 2 aliphatic rings. The Morgan fingerprint density at radius 1 is 1.03 bits per heavy atom. The molecule has 0 radical (unpaired) electrons. The molecule has 1 saturated carbocycles. The summed E-state index contributed by atoms with van der Waals surface area (Å²) >= 11 is 0. The van der Waals surface area contributed by atoms with Gasteiger partial charge in [0.2, 0.25) is 5.91 Å². The quantitative estimate of drug-likeness (QED) is 0.727. The molecule has 2 aromatic rings. The lowest BCUT2D eigenvalue weighted by atomic mass is 10.1. The largest absolute Gasteiger partial charge is 0.353 e. The summed E-state index contributed by atoms with van der Waals surface area (Å²) in [5.41, 5.74) is 3.02. The molecular formula is C22H31Cl2N5O. The summed E-state index contributed by atoms with van der Waals surface area (Å²) in [7, 11) is 0. The Morgan fingerprint density at radius 3 is 2.23 bits per heavy atom. The first-order valence-corrected chi connectivity index (χ1v) is 10.3. The molecule has 1 N–H and O–H groups in total. The predicted octanol–water partition coefficient (Wildman–Crippen LogP) is 3.54. The van der Waals surface area contributed by atoms with Crippen LogP contribution < -0.4 is 10.2 Å². The fraction of sp³-hybridized carbons (Fsp3) is 0.500. The normalized spacial score (nSPS) is 16.6. The van der Waals surface area contributed by atoms with E-state index < -0.39 is 0 Å². The Morgan fingerprint density at radius 2 is 1.70 bits per heavy atom.